The topological polar surface area (TPSA) is 29.1 Å². The van der Waals surface area contributed by atoms with E-state index in [-0.39, 0.29) is 5.91 Å². The number of halogens is 2. The highest BCUT2D eigenvalue weighted by Crippen LogP contribution is 2.48. The molecule has 0 fully saturated rings. The fraction of sp³-hybridized carbons (Fsp3) is 0.0714. The SMILES string of the molecule is O=C1Nc2ccc(Cl)cc2C1(Br)c1ccccc1. The summed E-state index contributed by atoms with van der Waals surface area (Å²) in [5.74, 6) is -0.0917. The van der Waals surface area contributed by atoms with E-state index in [1.54, 1.807) is 6.07 Å². The van der Waals surface area contributed by atoms with Crippen molar-refractivity contribution in [2.75, 3.05) is 5.32 Å². The van der Waals surface area contributed by atoms with Gasteiger partial charge in [-0.2, -0.15) is 0 Å². The van der Waals surface area contributed by atoms with Gasteiger partial charge in [0.1, 0.15) is 0 Å². The Balaban J connectivity index is 2.25. The third-order valence-corrected chi connectivity index (χ3v) is 4.57. The van der Waals surface area contributed by atoms with Gasteiger partial charge in [-0.25, -0.2) is 0 Å². The minimum atomic E-state index is -0.853. The summed E-state index contributed by atoms with van der Waals surface area (Å²) in [7, 11) is 0. The summed E-state index contributed by atoms with van der Waals surface area (Å²) >= 11 is 9.61. The Kier molecular flexibility index (Phi) is 2.68. The van der Waals surface area contributed by atoms with Crippen LogP contribution in [0.25, 0.3) is 0 Å². The molecule has 0 saturated heterocycles. The molecule has 3 rings (SSSR count). The number of carbonyl (C=O) groups is 1. The Hall–Kier alpha value is -1.32. The second kappa shape index (κ2) is 4.11. The quantitative estimate of drug-likeness (QED) is 0.792. The monoisotopic (exact) mass is 321 g/mol. The van der Waals surface area contributed by atoms with E-state index in [0.29, 0.717) is 5.02 Å². The fourth-order valence-corrected chi connectivity index (χ4v) is 3.06. The largest absolute Gasteiger partial charge is 0.324 e. The van der Waals surface area contributed by atoms with Crippen molar-refractivity contribution in [3.63, 3.8) is 0 Å². The van der Waals surface area contributed by atoms with Crippen LogP contribution in [-0.4, -0.2) is 5.91 Å². The van der Waals surface area contributed by atoms with E-state index in [0.717, 1.165) is 16.8 Å². The molecule has 1 aliphatic rings. The Morgan fingerprint density at radius 3 is 2.56 bits per heavy atom. The average molecular weight is 323 g/mol. The summed E-state index contributed by atoms with van der Waals surface area (Å²) in [6.07, 6.45) is 0. The minimum absolute atomic E-state index is 0.0917. The molecule has 1 unspecified atom stereocenters. The lowest BCUT2D eigenvalue weighted by Gasteiger charge is -2.20. The number of nitrogens with one attached hydrogen (secondary N) is 1. The number of anilines is 1. The number of amides is 1. The fourth-order valence-electron chi connectivity index (χ4n) is 2.20. The maximum absolute atomic E-state index is 12.3. The summed E-state index contributed by atoms with van der Waals surface area (Å²) in [6, 6.07) is 15.0. The van der Waals surface area contributed by atoms with Crippen molar-refractivity contribution < 1.29 is 4.79 Å². The van der Waals surface area contributed by atoms with E-state index in [4.69, 9.17) is 11.6 Å². The number of hydrogen-bond donors (Lipinski definition) is 1. The van der Waals surface area contributed by atoms with Crippen molar-refractivity contribution in [3.8, 4) is 0 Å². The first kappa shape index (κ1) is 11.8. The van der Waals surface area contributed by atoms with E-state index in [2.05, 4.69) is 21.2 Å². The van der Waals surface area contributed by atoms with Gasteiger partial charge in [0.05, 0.1) is 0 Å². The minimum Gasteiger partial charge on any atom is -0.324 e. The Morgan fingerprint density at radius 1 is 1.11 bits per heavy atom. The first-order chi connectivity index (χ1) is 8.62. The highest BCUT2D eigenvalue weighted by Gasteiger charge is 2.46. The van der Waals surface area contributed by atoms with Crippen molar-refractivity contribution in [1.82, 2.24) is 0 Å². The van der Waals surface area contributed by atoms with E-state index < -0.39 is 4.32 Å². The van der Waals surface area contributed by atoms with Crippen molar-refractivity contribution in [1.29, 1.82) is 0 Å². The van der Waals surface area contributed by atoms with Crippen LogP contribution in [0.5, 0.6) is 0 Å². The van der Waals surface area contributed by atoms with Gasteiger partial charge in [-0.15, -0.1) is 0 Å². The molecular formula is C14H9BrClNO. The molecule has 4 heteroatoms. The molecule has 1 heterocycles. The number of benzene rings is 2. The Morgan fingerprint density at radius 2 is 1.83 bits per heavy atom. The zero-order chi connectivity index (χ0) is 12.8. The summed E-state index contributed by atoms with van der Waals surface area (Å²) in [4.78, 5) is 12.3. The third-order valence-electron chi connectivity index (χ3n) is 3.09. The summed E-state index contributed by atoms with van der Waals surface area (Å²) in [5.41, 5.74) is 2.54. The van der Waals surface area contributed by atoms with Gasteiger partial charge in [-0.05, 0) is 23.8 Å². The number of alkyl halides is 1. The Labute approximate surface area is 118 Å². The molecule has 2 nitrogen and oxygen atoms in total. The zero-order valence-corrected chi connectivity index (χ0v) is 11.6. The zero-order valence-electron chi connectivity index (χ0n) is 9.28. The van der Waals surface area contributed by atoms with Gasteiger partial charge in [0, 0.05) is 16.3 Å². The van der Waals surface area contributed by atoms with Crippen LogP contribution in [-0.2, 0) is 9.12 Å². The van der Waals surface area contributed by atoms with Gasteiger partial charge in [0.15, 0.2) is 4.32 Å². The van der Waals surface area contributed by atoms with Crippen molar-refractivity contribution in [2.24, 2.45) is 0 Å². The maximum atomic E-state index is 12.3. The van der Waals surface area contributed by atoms with E-state index in [1.807, 2.05) is 42.5 Å². The first-order valence-corrected chi connectivity index (χ1v) is 6.65. The van der Waals surface area contributed by atoms with Crippen LogP contribution in [0.2, 0.25) is 5.02 Å². The molecule has 0 spiro atoms. The van der Waals surface area contributed by atoms with Gasteiger partial charge in [0.25, 0.3) is 0 Å². The molecule has 90 valence electrons. The number of rotatable bonds is 1. The van der Waals surface area contributed by atoms with Gasteiger partial charge in [0.2, 0.25) is 5.91 Å². The predicted molar refractivity (Wildman–Crippen MR) is 76.2 cm³/mol. The van der Waals surface area contributed by atoms with Gasteiger partial charge in [-0.1, -0.05) is 57.9 Å². The summed E-state index contributed by atoms with van der Waals surface area (Å²) < 4.78 is -0.853. The van der Waals surface area contributed by atoms with Gasteiger partial charge < -0.3 is 5.32 Å². The molecule has 0 bridgehead atoms. The van der Waals surface area contributed by atoms with Crippen molar-refractivity contribution in [3.05, 3.63) is 64.7 Å². The molecule has 1 atom stereocenters. The molecule has 1 N–H and O–H groups in total. The molecule has 0 radical (unpaired) electrons. The van der Waals surface area contributed by atoms with Crippen LogP contribution in [0.3, 0.4) is 0 Å². The summed E-state index contributed by atoms with van der Waals surface area (Å²) in [5, 5.41) is 3.48. The molecule has 2 aromatic rings. The normalized spacial score (nSPS) is 21.6. The predicted octanol–water partition coefficient (Wildman–Crippen LogP) is 3.93. The summed E-state index contributed by atoms with van der Waals surface area (Å²) in [6.45, 7) is 0. The van der Waals surface area contributed by atoms with Crippen LogP contribution in [0.15, 0.2) is 48.5 Å². The van der Waals surface area contributed by atoms with E-state index >= 15 is 0 Å². The molecule has 1 amide bonds. The standard InChI is InChI=1S/C14H9BrClNO/c15-14(9-4-2-1-3-5-9)11-8-10(16)6-7-12(11)17-13(14)18/h1-8H,(H,17,18). The number of fused-ring (bicyclic) bond motifs is 1. The molecule has 0 saturated carbocycles. The smallest absolute Gasteiger partial charge is 0.250 e. The lowest BCUT2D eigenvalue weighted by atomic mass is 9.92. The molecule has 0 aliphatic carbocycles. The van der Waals surface area contributed by atoms with Gasteiger partial charge >= 0.3 is 0 Å². The number of carbonyl (C=O) groups excluding carboxylic acids is 1. The van der Waals surface area contributed by atoms with Crippen molar-refractivity contribution in [2.45, 2.75) is 4.32 Å². The highest BCUT2D eigenvalue weighted by atomic mass is 79.9. The van der Waals surface area contributed by atoms with Crippen LogP contribution in [0.4, 0.5) is 5.69 Å². The molecule has 18 heavy (non-hydrogen) atoms. The second-order valence-electron chi connectivity index (χ2n) is 4.17. The van der Waals surface area contributed by atoms with Crippen LogP contribution in [0.1, 0.15) is 11.1 Å². The van der Waals surface area contributed by atoms with E-state index in [1.165, 1.54) is 0 Å². The highest BCUT2D eigenvalue weighted by molar-refractivity contribution is 9.10. The number of hydrogen-bond acceptors (Lipinski definition) is 1. The van der Waals surface area contributed by atoms with Gasteiger partial charge in [-0.3, -0.25) is 4.79 Å². The Bertz CT molecular complexity index is 629. The molecule has 0 aromatic heterocycles. The van der Waals surface area contributed by atoms with Crippen LogP contribution < -0.4 is 5.32 Å². The second-order valence-corrected chi connectivity index (χ2v) is 5.79. The first-order valence-electron chi connectivity index (χ1n) is 5.48. The van der Waals surface area contributed by atoms with Crippen LogP contribution in [0, 0.1) is 0 Å². The van der Waals surface area contributed by atoms with Crippen LogP contribution >= 0.6 is 27.5 Å². The average Bonchev–Trinajstić information content (AvgIpc) is 2.64. The third kappa shape index (κ3) is 1.58. The van der Waals surface area contributed by atoms with E-state index in [9.17, 15) is 4.79 Å². The molecule has 1 aliphatic heterocycles. The molecular weight excluding hydrogens is 314 g/mol. The lowest BCUT2D eigenvalue weighted by Crippen LogP contribution is -2.28. The molecule has 2 aromatic carbocycles. The van der Waals surface area contributed by atoms with Crippen molar-refractivity contribution >= 4 is 39.1 Å². The maximum Gasteiger partial charge on any atom is 0.250 e. The lowest BCUT2D eigenvalue weighted by molar-refractivity contribution is -0.116.